The van der Waals surface area contributed by atoms with Crippen LogP contribution in [0.3, 0.4) is 0 Å². The smallest absolute Gasteiger partial charge is 0.217 e. The predicted octanol–water partition coefficient (Wildman–Crippen LogP) is 4.10. The van der Waals surface area contributed by atoms with E-state index in [9.17, 15) is 9.59 Å². The molecule has 0 heterocycles. The summed E-state index contributed by atoms with van der Waals surface area (Å²) < 4.78 is 0. The number of rotatable bonds is 1. The van der Waals surface area contributed by atoms with Crippen molar-refractivity contribution in [3.05, 3.63) is 0 Å². The summed E-state index contributed by atoms with van der Waals surface area (Å²) in [6, 6.07) is 0.388. The molecule has 4 saturated carbocycles. The Morgan fingerprint density at radius 2 is 1.83 bits per heavy atom. The second-order valence-electron chi connectivity index (χ2n) is 9.75. The number of nitrogens with one attached hydrogen (secondary N) is 1. The second-order valence-corrected chi connectivity index (χ2v) is 9.75. The molecule has 3 heteroatoms. The SMILES string of the molecule is CC(=O)NC1CCC2(C)C(CCC3C4CCC(=O)C4(C)CCC32)C1. The Kier molecular flexibility index (Phi) is 3.85. The zero-order chi connectivity index (χ0) is 17.1. The molecule has 7 unspecified atom stereocenters. The molecular weight excluding hydrogens is 298 g/mol. The highest BCUT2D eigenvalue weighted by atomic mass is 16.1. The fourth-order valence-electron chi connectivity index (χ4n) is 7.45. The van der Waals surface area contributed by atoms with Crippen LogP contribution in [-0.2, 0) is 9.59 Å². The van der Waals surface area contributed by atoms with E-state index in [0.717, 1.165) is 43.4 Å². The molecule has 4 aliphatic rings. The normalized spacial score (nSPS) is 50.6. The number of ketones is 1. The highest BCUT2D eigenvalue weighted by molar-refractivity contribution is 5.87. The molecule has 0 radical (unpaired) electrons. The van der Waals surface area contributed by atoms with E-state index >= 15 is 0 Å². The van der Waals surface area contributed by atoms with Crippen molar-refractivity contribution in [2.75, 3.05) is 0 Å². The monoisotopic (exact) mass is 331 g/mol. The third-order valence-corrected chi connectivity index (χ3v) is 8.78. The molecular formula is C21H33NO2. The van der Waals surface area contributed by atoms with Crippen LogP contribution in [0.5, 0.6) is 0 Å². The van der Waals surface area contributed by atoms with Gasteiger partial charge in [-0.25, -0.2) is 0 Å². The van der Waals surface area contributed by atoms with Gasteiger partial charge in [0.15, 0.2) is 0 Å². The lowest BCUT2D eigenvalue weighted by atomic mass is 9.45. The minimum Gasteiger partial charge on any atom is -0.354 e. The number of hydrogen-bond donors (Lipinski definition) is 1. The summed E-state index contributed by atoms with van der Waals surface area (Å²) in [4.78, 5) is 23.9. The van der Waals surface area contributed by atoms with E-state index < -0.39 is 0 Å². The van der Waals surface area contributed by atoms with Gasteiger partial charge < -0.3 is 5.32 Å². The van der Waals surface area contributed by atoms with Crippen molar-refractivity contribution in [3.63, 3.8) is 0 Å². The van der Waals surface area contributed by atoms with E-state index in [4.69, 9.17) is 0 Å². The molecule has 134 valence electrons. The van der Waals surface area contributed by atoms with Crippen molar-refractivity contribution in [3.8, 4) is 0 Å². The Hall–Kier alpha value is -0.860. The minimum atomic E-state index is -0.00223. The van der Waals surface area contributed by atoms with Gasteiger partial charge in [-0.15, -0.1) is 0 Å². The van der Waals surface area contributed by atoms with Crippen LogP contribution in [0.25, 0.3) is 0 Å². The Labute approximate surface area is 146 Å². The highest BCUT2D eigenvalue weighted by Gasteiger charge is 2.60. The molecule has 4 aliphatic carbocycles. The van der Waals surface area contributed by atoms with Crippen LogP contribution in [-0.4, -0.2) is 17.7 Å². The molecule has 0 aromatic carbocycles. The molecule has 4 rings (SSSR count). The zero-order valence-corrected chi connectivity index (χ0v) is 15.6. The summed E-state index contributed by atoms with van der Waals surface area (Å²) in [5, 5.41) is 3.17. The van der Waals surface area contributed by atoms with Crippen molar-refractivity contribution in [2.24, 2.45) is 34.5 Å². The Balaban J connectivity index is 1.54. The van der Waals surface area contributed by atoms with Crippen LogP contribution >= 0.6 is 0 Å². The van der Waals surface area contributed by atoms with Gasteiger partial charge >= 0.3 is 0 Å². The van der Waals surface area contributed by atoms with Gasteiger partial charge in [0.05, 0.1) is 0 Å². The van der Waals surface area contributed by atoms with Gasteiger partial charge in [-0.1, -0.05) is 13.8 Å². The van der Waals surface area contributed by atoms with E-state index in [2.05, 4.69) is 19.2 Å². The van der Waals surface area contributed by atoms with E-state index in [1.165, 1.54) is 32.1 Å². The molecule has 0 aliphatic heterocycles. The topological polar surface area (TPSA) is 46.2 Å². The van der Waals surface area contributed by atoms with Gasteiger partial charge in [0.1, 0.15) is 5.78 Å². The molecule has 7 atom stereocenters. The van der Waals surface area contributed by atoms with Crippen LogP contribution < -0.4 is 5.32 Å². The first kappa shape index (κ1) is 16.6. The largest absolute Gasteiger partial charge is 0.354 e. The van der Waals surface area contributed by atoms with Gasteiger partial charge in [0.2, 0.25) is 5.91 Å². The second kappa shape index (κ2) is 5.57. The number of fused-ring (bicyclic) bond motifs is 5. The third-order valence-electron chi connectivity index (χ3n) is 8.78. The molecule has 1 amide bonds. The summed E-state index contributed by atoms with van der Waals surface area (Å²) >= 11 is 0. The van der Waals surface area contributed by atoms with E-state index in [-0.39, 0.29) is 11.3 Å². The molecule has 0 aromatic rings. The standard InChI is InChI=1S/C21H33NO2/c1-13(23)22-15-8-10-20(2)14(12-15)4-5-16-17-6-7-19(24)21(17,3)11-9-18(16)20/h14-18H,4-12H2,1-3H3,(H,22,23). The van der Waals surface area contributed by atoms with Gasteiger partial charge in [-0.3, -0.25) is 9.59 Å². The molecule has 0 aromatic heterocycles. The fourth-order valence-corrected chi connectivity index (χ4v) is 7.45. The first-order chi connectivity index (χ1) is 11.3. The summed E-state index contributed by atoms with van der Waals surface area (Å²) in [5.74, 6) is 3.65. The number of Topliss-reactive ketones (excluding diaryl/α,β-unsaturated/α-hetero) is 1. The number of amides is 1. The minimum absolute atomic E-state index is 0.00223. The van der Waals surface area contributed by atoms with Crippen molar-refractivity contribution < 1.29 is 9.59 Å². The number of carbonyl (C=O) groups is 2. The molecule has 1 N–H and O–H groups in total. The van der Waals surface area contributed by atoms with Crippen LogP contribution in [0.15, 0.2) is 0 Å². The Morgan fingerprint density at radius 1 is 1.04 bits per heavy atom. The zero-order valence-electron chi connectivity index (χ0n) is 15.6. The lowest BCUT2D eigenvalue weighted by Gasteiger charge is -2.60. The lowest BCUT2D eigenvalue weighted by Crippen LogP contribution is -2.55. The Morgan fingerprint density at radius 3 is 2.58 bits per heavy atom. The lowest BCUT2D eigenvalue weighted by molar-refractivity contribution is -0.139. The average molecular weight is 332 g/mol. The van der Waals surface area contributed by atoms with Crippen LogP contribution in [0.2, 0.25) is 0 Å². The number of hydrogen-bond acceptors (Lipinski definition) is 2. The van der Waals surface area contributed by atoms with Crippen LogP contribution in [0, 0.1) is 34.5 Å². The highest BCUT2D eigenvalue weighted by Crippen LogP contribution is 2.65. The Bertz CT molecular complexity index is 558. The summed E-state index contributed by atoms with van der Waals surface area (Å²) in [5.41, 5.74) is 0.433. The summed E-state index contributed by atoms with van der Waals surface area (Å²) in [6.45, 7) is 6.45. The van der Waals surface area contributed by atoms with Crippen LogP contribution in [0.4, 0.5) is 0 Å². The van der Waals surface area contributed by atoms with E-state index in [1.54, 1.807) is 6.92 Å². The maximum Gasteiger partial charge on any atom is 0.217 e. The van der Waals surface area contributed by atoms with E-state index in [1.807, 2.05) is 0 Å². The first-order valence-corrected chi connectivity index (χ1v) is 10.1. The maximum atomic E-state index is 12.5. The molecule has 3 nitrogen and oxygen atoms in total. The fraction of sp³-hybridized carbons (Fsp3) is 0.905. The predicted molar refractivity (Wildman–Crippen MR) is 94.3 cm³/mol. The molecule has 4 fully saturated rings. The van der Waals surface area contributed by atoms with Gasteiger partial charge in [0, 0.05) is 24.8 Å². The summed E-state index contributed by atoms with van der Waals surface area (Å²) in [6.07, 6.45) is 10.5. The molecule has 24 heavy (non-hydrogen) atoms. The molecule has 0 bridgehead atoms. The molecule has 0 saturated heterocycles. The number of carbonyl (C=O) groups excluding carboxylic acids is 2. The van der Waals surface area contributed by atoms with E-state index in [0.29, 0.717) is 23.2 Å². The average Bonchev–Trinajstić information content (AvgIpc) is 2.83. The van der Waals surface area contributed by atoms with Gasteiger partial charge in [-0.05, 0) is 80.5 Å². The van der Waals surface area contributed by atoms with Crippen molar-refractivity contribution in [2.45, 2.75) is 84.6 Å². The van der Waals surface area contributed by atoms with Gasteiger partial charge in [-0.2, -0.15) is 0 Å². The van der Waals surface area contributed by atoms with Crippen molar-refractivity contribution >= 4 is 11.7 Å². The van der Waals surface area contributed by atoms with Crippen LogP contribution in [0.1, 0.15) is 78.6 Å². The third kappa shape index (κ3) is 2.29. The van der Waals surface area contributed by atoms with Gasteiger partial charge in [0.25, 0.3) is 0 Å². The molecule has 0 spiro atoms. The van der Waals surface area contributed by atoms with Crippen molar-refractivity contribution in [1.29, 1.82) is 0 Å². The quantitative estimate of drug-likeness (QED) is 0.786. The van der Waals surface area contributed by atoms with Crippen molar-refractivity contribution in [1.82, 2.24) is 5.32 Å². The first-order valence-electron chi connectivity index (χ1n) is 10.1. The summed E-state index contributed by atoms with van der Waals surface area (Å²) in [7, 11) is 0. The maximum absolute atomic E-state index is 12.5.